The summed E-state index contributed by atoms with van der Waals surface area (Å²) in [6, 6.07) is 4.52. The van der Waals surface area contributed by atoms with Crippen molar-refractivity contribution in [2.24, 2.45) is 0 Å². The van der Waals surface area contributed by atoms with Crippen molar-refractivity contribution in [3.05, 3.63) is 28.8 Å². The summed E-state index contributed by atoms with van der Waals surface area (Å²) in [5, 5.41) is 9.53. The second-order valence-electron chi connectivity index (χ2n) is 4.32. The Labute approximate surface area is 111 Å². The van der Waals surface area contributed by atoms with E-state index in [9.17, 15) is 9.90 Å². The molecule has 18 heavy (non-hydrogen) atoms. The van der Waals surface area contributed by atoms with E-state index in [0.717, 1.165) is 6.42 Å². The number of halogens is 1. The second-order valence-corrected chi connectivity index (χ2v) is 4.73. The molecule has 1 heterocycles. The Morgan fingerprint density at radius 1 is 1.61 bits per heavy atom. The fourth-order valence-electron chi connectivity index (χ4n) is 1.97. The van der Waals surface area contributed by atoms with Gasteiger partial charge >= 0.3 is 0 Å². The Hall–Kier alpha value is -1.26. The maximum Gasteiger partial charge on any atom is 0.254 e. The van der Waals surface area contributed by atoms with Gasteiger partial charge in [-0.3, -0.25) is 4.79 Å². The van der Waals surface area contributed by atoms with E-state index in [0.29, 0.717) is 25.3 Å². The number of carbonyl (C=O) groups is 1. The van der Waals surface area contributed by atoms with Gasteiger partial charge in [0.1, 0.15) is 5.75 Å². The topological polar surface area (TPSA) is 49.8 Å². The van der Waals surface area contributed by atoms with E-state index in [4.69, 9.17) is 16.3 Å². The van der Waals surface area contributed by atoms with Crippen molar-refractivity contribution in [2.45, 2.75) is 19.4 Å². The Bertz CT molecular complexity index is 450. The molecule has 1 N–H and O–H groups in total. The smallest absolute Gasteiger partial charge is 0.254 e. The van der Waals surface area contributed by atoms with Crippen LogP contribution < -0.4 is 0 Å². The molecule has 1 unspecified atom stereocenters. The van der Waals surface area contributed by atoms with E-state index in [2.05, 4.69) is 0 Å². The summed E-state index contributed by atoms with van der Waals surface area (Å²) < 4.78 is 5.53. The van der Waals surface area contributed by atoms with Crippen LogP contribution in [0.3, 0.4) is 0 Å². The highest BCUT2D eigenvalue weighted by atomic mass is 35.5. The van der Waals surface area contributed by atoms with Crippen LogP contribution in [0.15, 0.2) is 18.2 Å². The van der Waals surface area contributed by atoms with Crippen LogP contribution in [-0.4, -0.2) is 41.7 Å². The molecular weight excluding hydrogens is 254 g/mol. The third-order valence-electron chi connectivity index (χ3n) is 3.08. The lowest BCUT2D eigenvalue weighted by Crippen LogP contribution is -2.45. The van der Waals surface area contributed by atoms with E-state index in [1.807, 2.05) is 6.92 Å². The first-order valence-corrected chi connectivity index (χ1v) is 6.39. The minimum atomic E-state index is -0.0707. The molecule has 98 valence electrons. The molecule has 1 aromatic rings. The lowest BCUT2D eigenvalue weighted by Gasteiger charge is -2.32. The first-order chi connectivity index (χ1) is 8.61. The molecule has 1 aliphatic rings. The highest BCUT2D eigenvalue weighted by molar-refractivity contribution is 6.32. The van der Waals surface area contributed by atoms with Crippen molar-refractivity contribution in [1.29, 1.82) is 0 Å². The fourth-order valence-corrected chi connectivity index (χ4v) is 2.15. The van der Waals surface area contributed by atoms with Crippen LogP contribution in [0.25, 0.3) is 0 Å². The Morgan fingerprint density at radius 2 is 2.39 bits per heavy atom. The van der Waals surface area contributed by atoms with Gasteiger partial charge in [-0.1, -0.05) is 18.5 Å². The van der Waals surface area contributed by atoms with E-state index in [1.54, 1.807) is 11.0 Å². The Balaban J connectivity index is 2.12. The van der Waals surface area contributed by atoms with Crippen LogP contribution in [0.4, 0.5) is 0 Å². The van der Waals surface area contributed by atoms with Crippen LogP contribution in [-0.2, 0) is 4.74 Å². The van der Waals surface area contributed by atoms with Crippen LogP contribution >= 0.6 is 11.6 Å². The number of hydrogen-bond donors (Lipinski definition) is 1. The predicted octanol–water partition coefficient (Wildman–Crippen LogP) is 2.30. The largest absolute Gasteiger partial charge is 0.506 e. The zero-order chi connectivity index (χ0) is 13.1. The van der Waals surface area contributed by atoms with Crippen molar-refractivity contribution in [2.75, 3.05) is 19.7 Å². The molecule has 1 saturated heterocycles. The number of phenolic OH excluding ortho intramolecular Hbond substituents is 1. The van der Waals surface area contributed by atoms with Crippen LogP contribution in [0.1, 0.15) is 23.7 Å². The van der Waals surface area contributed by atoms with Crippen LogP contribution in [0.5, 0.6) is 5.75 Å². The van der Waals surface area contributed by atoms with E-state index in [-0.39, 0.29) is 22.8 Å². The molecule has 0 saturated carbocycles. The van der Waals surface area contributed by atoms with Gasteiger partial charge in [-0.15, -0.1) is 0 Å². The molecule has 5 heteroatoms. The summed E-state index contributed by atoms with van der Waals surface area (Å²) in [7, 11) is 0. The van der Waals surface area contributed by atoms with Crippen LogP contribution in [0, 0.1) is 0 Å². The first kappa shape index (κ1) is 13.2. The van der Waals surface area contributed by atoms with Crippen molar-refractivity contribution in [3.63, 3.8) is 0 Å². The number of phenols is 1. The minimum absolute atomic E-state index is 0.0124. The number of hydrogen-bond acceptors (Lipinski definition) is 3. The summed E-state index contributed by atoms with van der Waals surface area (Å²) >= 11 is 5.81. The molecular formula is C13H16ClNO3. The van der Waals surface area contributed by atoms with E-state index >= 15 is 0 Å². The molecule has 1 amide bonds. The van der Waals surface area contributed by atoms with Gasteiger partial charge in [0, 0.05) is 18.7 Å². The van der Waals surface area contributed by atoms with Gasteiger partial charge < -0.3 is 14.7 Å². The lowest BCUT2D eigenvalue weighted by atomic mass is 10.1. The Kier molecular flexibility index (Phi) is 4.09. The quantitative estimate of drug-likeness (QED) is 0.896. The molecule has 1 fully saturated rings. The zero-order valence-corrected chi connectivity index (χ0v) is 11.0. The SMILES string of the molecule is CCC1CN(C(=O)c2ccc(O)c(Cl)c2)CCO1. The van der Waals surface area contributed by atoms with Gasteiger partial charge in [-0.05, 0) is 24.6 Å². The second kappa shape index (κ2) is 5.59. The van der Waals surface area contributed by atoms with E-state index < -0.39 is 0 Å². The number of nitrogens with zero attached hydrogens (tertiary/aromatic N) is 1. The summed E-state index contributed by atoms with van der Waals surface area (Å²) in [4.78, 5) is 14.0. The molecule has 0 radical (unpaired) electrons. The van der Waals surface area contributed by atoms with Crippen LogP contribution in [0.2, 0.25) is 5.02 Å². The summed E-state index contributed by atoms with van der Waals surface area (Å²) in [5.41, 5.74) is 0.495. The zero-order valence-electron chi connectivity index (χ0n) is 10.2. The molecule has 0 aromatic heterocycles. The monoisotopic (exact) mass is 269 g/mol. The summed E-state index contributed by atoms with van der Waals surface area (Å²) in [6.07, 6.45) is 0.996. The average molecular weight is 270 g/mol. The highest BCUT2D eigenvalue weighted by Crippen LogP contribution is 2.24. The van der Waals surface area contributed by atoms with Crippen molar-refractivity contribution in [1.82, 2.24) is 4.90 Å². The van der Waals surface area contributed by atoms with Gasteiger partial charge in [0.05, 0.1) is 17.7 Å². The molecule has 4 nitrogen and oxygen atoms in total. The maximum absolute atomic E-state index is 12.3. The molecule has 0 spiro atoms. The lowest BCUT2D eigenvalue weighted by molar-refractivity contribution is -0.0226. The number of morpholine rings is 1. The predicted molar refractivity (Wildman–Crippen MR) is 69.1 cm³/mol. The molecule has 1 atom stereocenters. The number of ether oxygens (including phenoxy) is 1. The highest BCUT2D eigenvalue weighted by Gasteiger charge is 2.24. The third kappa shape index (κ3) is 2.76. The van der Waals surface area contributed by atoms with Crippen molar-refractivity contribution < 1.29 is 14.6 Å². The molecule has 1 aromatic carbocycles. The molecule has 0 bridgehead atoms. The third-order valence-corrected chi connectivity index (χ3v) is 3.38. The minimum Gasteiger partial charge on any atom is -0.506 e. The normalized spacial score (nSPS) is 19.9. The van der Waals surface area contributed by atoms with Gasteiger partial charge in [0.15, 0.2) is 0 Å². The number of aromatic hydroxyl groups is 1. The molecule has 0 aliphatic carbocycles. The number of rotatable bonds is 2. The molecule has 1 aliphatic heterocycles. The standard InChI is InChI=1S/C13H16ClNO3/c1-2-10-8-15(5-6-18-10)13(17)9-3-4-12(16)11(14)7-9/h3-4,7,10,16H,2,5-6,8H2,1H3. The van der Waals surface area contributed by atoms with Crippen molar-refractivity contribution in [3.8, 4) is 5.75 Å². The maximum atomic E-state index is 12.3. The van der Waals surface area contributed by atoms with Gasteiger partial charge in [-0.25, -0.2) is 0 Å². The first-order valence-electron chi connectivity index (χ1n) is 6.01. The van der Waals surface area contributed by atoms with E-state index in [1.165, 1.54) is 12.1 Å². The average Bonchev–Trinajstić information content (AvgIpc) is 2.41. The number of benzene rings is 1. The Morgan fingerprint density at radius 3 is 3.06 bits per heavy atom. The summed E-state index contributed by atoms with van der Waals surface area (Å²) in [5.74, 6) is -0.0831. The van der Waals surface area contributed by atoms with Gasteiger partial charge in [0.2, 0.25) is 0 Å². The van der Waals surface area contributed by atoms with Gasteiger partial charge in [-0.2, -0.15) is 0 Å². The van der Waals surface area contributed by atoms with Gasteiger partial charge in [0.25, 0.3) is 5.91 Å². The number of carbonyl (C=O) groups excluding carboxylic acids is 1. The number of amides is 1. The fraction of sp³-hybridized carbons (Fsp3) is 0.462. The van der Waals surface area contributed by atoms with Crippen molar-refractivity contribution >= 4 is 17.5 Å². The summed E-state index contributed by atoms with van der Waals surface area (Å²) in [6.45, 7) is 3.80. The molecule has 2 rings (SSSR count).